The first-order valence-electron chi connectivity index (χ1n) is 23.5. The van der Waals surface area contributed by atoms with Crippen molar-refractivity contribution in [3.05, 3.63) is 71.8 Å². The Balaban J connectivity index is 1.34. The molecular formula is C49H75NO16. The van der Waals surface area contributed by atoms with E-state index in [0.717, 1.165) is 0 Å². The summed E-state index contributed by atoms with van der Waals surface area (Å²) in [7, 11) is 0. The second-order valence-corrected chi connectivity index (χ2v) is 21.5. The predicted octanol–water partition coefficient (Wildman–Crippen LogP) is 2.08. The van der Waals surface area contributed by atoms with E-state index in [1.165, 1.54) is 6.92 Å². The Bertz CT molecular complexity index is 1890. The molecule has 7 rings (SSSR count). The zero-order valence-electron chi connectivity index (χ0n) is 39.3. The number of hydrogen-bond acceptors (Lipinski definition) is 17. The van der Waals surface area contributed by atoms with Crippen molar-refractivity contribution in [3.8, 4) is 0 Å². The fourth-order valence-electron chi connectivity index (χ4n) is 12.4. The van der Waals surface area contributed by atoms with Crippen molar-refractivity contribution in [1.82, 2.24) is 5.32 Å². The van der Waals surface area contributed by atoms with Gasteiger partial charge in [0.15, 0.2) is 25.2 Å². The minimum Gasteiger partial charge on any atom is -0.393 e. The SMILES string of the molecule is CC(O)O[C@]12COC1CC(O)C1(C)C(O)C(O)C3C(C)C(OC(O)[C@@H](OC(O)C4CCC(O)C4)[C@H](NC(O)OC(C)(C)C)c4ccccc4)CC(O)([C@H](OC(O)c4ccccc4)[C@H]12)C3(C)C. The van der Waals surface area contributed by atoms with Crippen molar-refractivity contribution in [3.63, 3.8) is 0 Å². The quantitative estimate of drug-likeness (QED) is 0.108. The lowest BCUT2D eigenvalue weighted by Gasteiger charge is -2.71. The van der Waals surface area contributed by atoms with Crippen molar-refractivity contribution in [2.45, 2.75) is 191 Å². The Morgan fingerprint density at radius 3 is 2.00 bits per heavy atom. The smallest absolute Gasteiger partial charge is 0.214 e. The van der Waals surface area contributed by atoms with E-state index in [0.29, 0.717) is 24.0 Å². The largest absolute Gasteiger partial charge is 0.393 e. The third-order valence-corrected chi connectivity index (χ3v) is 15.9. The molecule has 4 aliphatic carbocycles. The maximum Gasteiger partial charge on any atom is 0.214 e. The third-order valence-electron chi connectivity index (χ3n) is 15.9. The van der Waals surface area contributed by atoms with Crippen LogP contribution in [0.4, 0.5) is 0 Å². The standard InChI is InChI=1S/C49H75NO16/c1-25-31(62-43(58)37(63-42(57)29-19-20-30(52)21-29)35(27-15-11-9-12-16-27)50-44(59)66-45(3,4)5)23-49(60)40(64-41(56)28-17-13-10-14-18-28)38-47(8,39(55)36(54)34(25)46(49,6)7)32(53)22-33-48(38,24-61-33)65-26(2)51/h9-18,25-26,29-44,50-60H,19-24H2,1-8H3/t25?,26?,29?,30?,31?,32?,33?,34?,35-,36?,37+,38-,39?,40-,41?,42?,43?,44?,47?,48-,49?/m1/s1. The van der Waals surface area contributed by atoms with Crippen molar-refractivity contribution < 1.29 is 79.5 Å². The summed E-state index contributed by atoms with van der Waals surface area (Å²) in [5.41, 5.74) is -6.76. The molecule has 2 aromatic rings. The molecule has 66 heavy (non-hydrogen) atoms. The maximum absolute atomic E-state index is 13.9. The Labute approximate surface area is 387 Å². The van der Waals surface area contributed by atoms with Crippen LogP contribution in [-0.2, 0) is 28.4 Å². The lowest BCUT2D eigenvalue weighted by molar-refractivity contribution is -0.417. The Kier molecular flexibility index (Phi) is 15.3. The monoisotopic (exact) mass is 934 g/mol. The summed E-state index contributed by atoms with van der Waals surface area (Å²) < 4.78 is 37.9. The minimum absolute atomic E-state index is 0.0450. The van der Waals surface area contributed by atoms with Crippen LogP contribution < -0.4 is 5.32 Å². The Hall–Kier alpha value is -2.24. The summed E-state index contributed by atoms with van der Waals surface area (Å²) in [6.45, 7) is 13.3. The van der Waals surface area contributed by atoms with E-state index in [1.807, 2.05) is 0 Å². The molecule has 1 aliphatic heterocycles. The van der Waals surface area contributed by atoms with Gasteiger partial charge in [0.25, 0.3) is 0 Å². The van der Waals surface area contributed by atoms with Gasteiger partial charge in [-0.15, -0.1) is 0 Å². The summed E-state index contributed by atoms with van der Waals surface area (Å²) >= 11 is 0. The average molecular weight is 934 g/mol. The van der Waals surface area contributed by atoms with Crippen LogP contribution >= 0.6 is 0 Å². The number of nitrogens with one attached hydrogen (secondary N) is 1. The van der Waals surface area contributed by atoms with Gasteiger partial charge in [-0.05, 0) is 58.4 Å². The highest BCUT2D eigenvalue weighted by molar-refractivity contribution is 5.27. The van der Waals surface area contributed by atoms with E-state index in [4.69, 9.17) is 28.4 Å². The summed E-state index contributed by atoms with van der Waals surface area (Å²) in [5, 5.41) is 123. The lowest BCUT2D eigenvalue weighted by atomic mass is 9.42. The molecule has 21 atom stereocenters. The minimum atomic E-state index is -2.16. The molecule has 0 amide bonds. The zero-order valence-corrected chi connectivity index (χ0v) is 39.3. The van der Waals surface area contributed by atoms with Gasteiger partial charge >= 0.3 is 0 Å². The van der Waals surface area contributed by atoms with E-state index in [1.54, 1.807) is 109 Å². The van der Waals surface area contributed by atoms with Gasteiger partial charge in [0, 0.05) is 47.0 Å². The van der Waals surface area contributed by atoms with E-state index < -0.39 is 138 Å². The Morgan fingerprint density at radius 2 is 1.45 bits per heavy atom. The van der Waals surface area contributed by atoms with Gasteiger partial charge in [-0.2, -0.15) is 0 Å². The van der Waals surface area contributed by atoms with Crippen LogP contribution in [0.2, 0.25) is 0 Å². The number of aliphatic hydroxyl groups excluding tert-OH is 9. The molecule has 1 saturated heterocycles. The molecule has 1 heterocycles. The number of hydrogen-bond donors (Lipinski definition) is 11. The summed E-state index contributed by atoms with van der Waals surface area (Å²) in [6, 6.07) is 16.1. The van der Waals surface area contributed by atoms with Gasteiger partial charge in [0.1, 0.15) is 11.7 Å². The number of ether oxygens (including phenoxy) is 6. The summed E-state index contributed by atoms with van der Waals surface area (Å²) in [4.78, 5) is 0. The van der Waals surface area contributed by atoms with Crippen molar-refractivity contribution in [2.75, 3.05) is 6.61 Å². The van der Waals surface area contributed by atoms with Crippen LogP contribution in [0.25, 0.3) is 0 Å². The average Bonchev–Trinajstić information content (AvgIpc) is 3.69. The first kappa shape index (κ1) is 51.6. The van der Waals surface area contributed by atoms with Gasteiger partial charge in [-0.3, -0.25) is 5.32 Å². The van der Waals surface area contributed by atoms with Crippen molar-refractivity contribution >= 4 is 0 Å². The molecule has 5 aliphatic rings. The summed E-state index contributed by atoms with van der Waals surface area (Å²) in [5.74, 6) is -3.60. The molecule has 16 unspecified atom stereocenters. The highest BCUT2D eigenvalue weighted by Gasteiger charge is 2.78. The molecule has 2 bridgehead atoms. The molecule has 0 radical (unpaired) electrons. The van der Waals surface area contributed by atoms with E-state index in [9.17, 15) is 51.1 Å². The van der Waals surface area contributed by atoms with E-state index in [2.05, 4.69) is 5.32 Å². The third kappa shape index (κ3) is 9.52. The highest BCUT2D eigenvalue weighted by atomic mass is 16.7. The van der Waals surface area contributed by atoms with Crippen LogP contribution in [0.1, 0.15) is 111 Å². The van der Waals surface area contributed by atoms with Crippen molar-refractivity contribution in [2.24, 2.45) is 34.5 Å². The highest BCUT2D eigenvalue weighted by Crippen LogP contribution is 2.66. The fourth-order valence-corrected chi connectivity index (χ4v) is 12.4. The molecule has 0 aromatic heterocycles. The van der Waals surface area contributed by atoms with Gasteiger partial charge < -0.3 is 79.5 Å². The first-order chi connectivity index (χ1) is 30.9. The van der Waals surface area contributed by atoms with E-state index >= 15 is 0 Å². The molecule has 372 valence electrons. The van der Waals surface area contributed by atoms with Crippen LogP contribution in [0.15, 0.2) is 60.7 Å². The second-order valence-electron chi connectivity index (χ2n) is 21.5. The van der Waals surface area contributed by atoms with Crippen molar-refractivity contribution in [1.29, 1.82) is 0 Å². The number of rotatable bonds is 16. The summed E-state index contributed by atoms with van der Waals surface area (Å²) in [6.07, 6.45) is -17.9. The second kappa shape index (κ2) is 19.5. The number of aliphatic hydroxyl groups is 10. The Morgan fingerprint density at radius 1 is 0.833 bits per heavy atom. The fraction of sp³-hybridized carbons (Fsp3) is 0.755. The number of fused-ring (bicyclic) bond motifs is 5. The number of benzene rings is 2. The zero-order chi connectivity index (χ0) is 48.3. The van der Waals surface area contributed by atoms with Gasteiger partial charge in [0.2, 0.25) is 6.41 Å². The molecule has 17 heteroatoms. The molecule has 17 nitrogen and oxygen atoms in total. The van der Waals surface area contributed by atoms with Gasteiger partial charge in [-0.1, -0.05) is 88.4 Å². The molecule has 4 saturated carbocycles. The molecule has 2 aromatic carbocycles. The topological polar surface area (TPSA) is 270 Å². The predicted molar refractivity (Wildman–Crippen MR) is 236 cm³/mol. The van der Waals surface area contributed by atoms with Crippen LogP contribution in [0.5, 0.6) is 0 Å². The lowest BCUT2D eigenvalue weighted by Crippen LogP contribution is -2.83. The van der Waals surface area contributed by atoms with Crippen LogP contribution in [0, 0.1) is 34.5 Å². The molecule has 0 spiro atoms. The first-order valence-corrected chi connectivity index (χ1v) is 23.5. The normalized spacial score (nSPS) is 40.8. The molecule has 5 fully saturated rings. The van der Waals surface area contributed by atoms with E-state index in [-0.39, 0.29) is 25.9 Å². The maximum atomic E-state index is 13.9. The van der Waals surface area contributed by atoms with Gasteiger partial charge in [0.05, 0.1) is 66.6 Å². The van der Waals surface area contributed by atoms with Crippen LogP contribution in [-0.4, -0.2) is 149 Å². The molecule has 11 N–H and O–H groups in total. The van der Waals surface area contributed by atoms with Gasteiger partial charge in [-0.25, -0.2) is 0 Å². The van der Waals surface area contributed by atoms with Crippen LogP contribution in [0.3, 0.4) is 0 Å². The molecular weight excluding hydrogens is 859 g/mol.